The predicted molar refractivity (Wildman–Crippen MR) is 55.1 cm³/mol. The monoisotopic (exact) mass is 206 g/mol. The molecule has 0 spiro atoms. The Balaban J connectivity index is 1.77. The van der Waals surface area contributed by atoms with Crippen molar-refractivity contribution in [1.29, 1.82) is 0 Å². The second-order valence-corrected chi connectivity index (χ2v) is 3.68. The molecule has 0 bridgehead atoms. The summed E-state index contributed by atoms with van der Waals surface area (Å²) in [6, 6.07) is 3.88. The van der Waals surface area contributed by atoms with Gasteiger partial charge in [-0.25, -0.2) is 0 Å². The van der Waals surface area contributed by atoms with E-state index in [2.05, 4.69) is 4.98 Å². The van der Waals surface area contributed by atoms with E-state index in [9.17, 15) is 4.79 Å². The third-order valence-corrected chi connectivity index (χ3v) is 2.53. The van der Waals surface area contributed by atoms with E-state index in [4.69, 9.17) is 4.74 Å². The molecule has 4 heteroatoms. The molecule has 1 fully saturated rings. The molecule has 1 aromatic heterocycles. The molecule has 0 N–H and O–H groups in total. The summed E-state index contributed by atoms with van der Waals surface area (Å²) in [5.74, 6) is 0. The third-order valence-electron chi connectivity index (χ3n) is 2.53. The maximum absolute atomic E-state index is 10.5. The van der Waals surface area contributed by atoms with Gasteiger partial charge in [-0.1, -0.05) is 6.07 Å². The van der Waals surface area contributed by atoms with Crippen LogP contribution in [0, 0.1) is 0 Å². The Morgan fingerprint density at radius 1 is 1.67 bits per heavy atom. The molecule has 1 aromatic rings. The minimum Gasteiger partial charge on any atom is -0.372 e. The number of rotatable bonds is 4. The van der Waals surface area contributed by atoms with Gasteiger partial charge in [0.05, 0.1) is 12.7 Å². The van der Waals surface area contributed by atoms with Gasteiger partial charge in [0.1, 0.15) is 0 Å². The molecule has 0 unspecified atom stereocenters. The molecule has 0 radical (unpaired) electrons. The number of amides is 1. The Morgan fingerprint density at radius 3 is 3.27 bits per heavy atom. The largest absolute Gasteiger partial charge is 0.372 e. The second-order valence-electron chi connectivity index (χ2n) is 3.68. The molecule has 1 saturated heterocycles. The molecular weight excluding hydrogens is 192 g/mol. The van der Waals surface area contributed by atoms with E-state index < -0.39 is 0 Å². The fourth-order valence-corrected chi connectivity index (χ4v) is 1.68. The topological polar surface area (TPSA) is 42.4 Å². The van der Waals surface area contributed by atoms with Crippen molar-refractivity contribution in [3.05, 3.63) is 30.1 Å². The molecule has 0 aliphatic carbocycles. The Bertz CT molecular complexity index is 316. The average Bonchev–Trinajstić information content (AvgIpc) is 2.76. The lowest BCUT2D eigenvalue weighted by molar-refractivity contribution is -0.117. The zero-order valence-electron chi connectivity index (χ0n) is 8.50. The van der Waals surface area contributed by atoms with Crippen molar-refractivity contribution in [2.75, 3.05) is 13.1 Å². The van der Waals surface area contributed by atoms with E-state index in [-0.39, 0.29) is 6.10 Å². The van der Waals surface area contributed by atoms with Gasteiger partial charge in [0, 0.05) is 25.5 Å². The molecule has 2 rings (SSSR count). The molecule has 4 nitrogen and oxygen atoms in total. The van der Waals surface area contributed by atoms with Crippen LogP contribution >= 0.6 is 0 Å². The van der Waals surface area contributed by atoms with Gasteiger partial charge in [-0.2, -0.15) is 0 Å². The summed E-state index contributed by atoms with van der Waals surface area (Å²) in [6.45, 7) is 2.09. The van der Waals surface area contributed by atoms with Crippen LogP contribution in [0.2, 0.25) is 0 Å². The van der Waals surface area contributed by atoms with Crippen LogP contribution in [-0.2, 0) is 16.1 Å². The maximum Gasteiger partial charge on any atom is 0.209 e. The Hall–Kier alpha value is -1.42. The van der Waals surface area contributed by atoms with Gasteiger partial charge in [0.15, 0.2) is 0 Å². The predicted octanol–water partition coefficient (Wildman–Crippen LogP) is 0.829. The molecular formula is C11H14N2O2. The van der Waals surface area contributed by atoms with E-state index in [0.29, 0.717) is 13.2 Å². The number of ether oxygens (including phenoxy) is 1. The van der Waals surface area contributed by atoms with Gasteiger partial charge < -0.3 is 9.64 Å². The van der Waals surface area contributed by atoms with Crippen molar-refractivity contribution in [1.82, 2.24) is 9.88 Å². The normalized spacial score (nSPS) is 20.5. The highest BCUT2D eigenvalue weighted by Gasteiger charge is 2.21. The minimum atomic E-state index is 0.176. The van der Waals surface area contributed by atoms with E-state index in [1.165, 1.54) is 0 Å². The Labute approximate surface area is 88.9 Å². The molecule has 1 amide bonds. The van der Waals surface area contributed by atoms with Crippen molar-refractivity contribution in [2.24, 2.45) is 0 Å². The van der Waals surface area contributed by atoms with Crippen LogP contribution in [0.4, 0.5) is 0 Å². The summed E-state index contributed by atoms with van der Waals surface area (Å²) in [5.41, 5.74) is 1.07. The lowest BCUT2D eigenvalue weighted by atomic mass is 10.3. The SMILES string of the molecule is O=CN1CC[C@H](OCc2cccnc2)C1. The lowest BCUT2D eigenvalue weighted by Gasteiger charge is -2.11. The molecule has 1 aliphatic rings. The highest BCUT2D eigenvalue weighted by molar-refractivity contribution is 5.47. The van der Waals surface area contributed by atoms with Crippen molar-refractivity contribution in [3.63, 3.8) is 0 Å². The summed E-state index contributed by atoms with van der Waals surface area (Å²) in [7, 11) is 0. The first-order valence-corrected chi connectivity index (χ1v) is 5.08. The lowest BCUT2D eigenvalue weighted by Crippen LogP contribution is -2.21. The fraction of sp³-hybridized carbons (Fsp3) is 0.455. The molecule has 1 aliphatic heterocycles. The summed E-state index contributed by atoms with van der Waals surface area (Å²) in [5, 5.41) is 0. The standard InChI is InChI=1S/C11H14N2O2/c14-9-13-5-3-11(7-13)15-8-10-2-1-4-12-6-10/h1-2,4,6,9,11H,3,5,7-8H2/t11-/m0/s1. The smallest absolute Gasteiger partial charge is 0.209 e. The molecule has 0 saturated carbocycles. The summed E-state index contributed by atoms with van der Waals surface area (Å²) >= 11 is 0. The number of nitrogens with zero attached hydrogens (tertiary/aromatic N) is 2. The number of aromatic nitrogens is 1. The number of pyridine rings is 1. The van der Waals surface area contributed by atoms with Gasteiger partial charge in [0.25, 0.3) is 0 Å². The van der Waals surface area contributed by atoms with Crippen LogP contribution in [0.15, 0.2) is 24.5 Å². The highest BCUT2D eigenvalue weighted by Crippen LogP contribution is 2.12. The second kappa shape index (κ2) is 4.89. The fourth-order valence-electron chi connectivity index (χ4n) is 1.68. The van der Waals surface area contributed by atoms with Crippen LogP contribution < -0.4 is 0 Å². The van der Waals surface area contributed by atoms with Crippen molar-refractivity contribution in [2.45, 2.75) is 19.1 Å². The van der Waals surface area contributed by atoms with Gasteiger partial charge in [-0.05, 0) is 18.1 Å². The first kappa shape index (κ1) is 10.1. The van der Waals surface area contributed by atoms with Crippen LogP contribution in [-0.4, -0.2) is 35.5 Å². The third kappa shape index (κ3) is 2.76. The number of likely N-dealkylation sites (tertiary alicyclic amines) is 1. The van der Waals surface area contributed by atoms with Crippen molar-refractivity contribution >= 4 is 6.41 Å². The first-order valence-electron chi connectivity index (χ1n) is 5.08. The quantitative estimate of drug-likeness (QED) is 0.685. The van der Waals surface area contributed by atoms with Crippen molar-refractivity contribution < 1.29 is 9.53 Å². The number of hydrogen-bond donors (Lipinski definition) is 0. The minimum absolute atomic E-state index is 0.176. The summed E-state index contributed by atoms with van der Waals surface area (Å²) in [6.07, 6.45) is 5.53. The van der Waals surface area contributed by atoms with E-state index in [1.807, 2.05) is 12.1 Å². The van der Waals surface area contributed by atoms with E-state index in [0.717, 1.165) is 24.9 Å². The molecule has 15 heavy (non-hydrogen) atoms. The van der Waals surface area contributed by atoms with E-state index in [1.54, 1.807) is 17.3 Å². The van der Waals surface area contributed by atoms with Crippen LogP contribution in [0.25, 0.3) is 0 Å². The van der Waals surface area contributed by atoms with Gasteiger partial charge >= 0.3 is 0 Å². The van der Waals surface area contributed by atoms with Crippen LogP contribution in [0.5, 0.6) is 0 Å². The van der Waals surface area contributed by atoms with Crippen molar-refractivity contribution in [3.8, 4) is 0 Å². The number of hydrogen-bond acceptors (Lipinski definition) is 3. The number of carbonyl (C=O) groups is 1. The van der Waals surface area contributed by atoms with Gasteiger partial charge in [-0.15, -0.1) is 0 Å². The summed E-state index contributed by atoms with van der Waals surface area (Å²) < 4.78 is 5.68. The molecule has 0 aromatic carbocycles. The average molecular weight is 206 g/mol. The Morgan fingerprint density at radius 2 is 2.60 bits per heavy atom. The van der Waals surface area contributed by atoms with Gasteiger partial charge in [0.2, 0.25) is 6.41 Å². The Kier molecular flexibility index (Phi) is 3.29. The molecule has 2 heterocycles. The van der Waals surface area contributed by atoms with Gasteiger partial charge in [-0.3, -0.25) is 9.78 Å². The maximum atomic E-state index is 10.5. The highest BCUT2D eigenvalue weighted by atomic mass is 16.5. The van der Waals surface area contributed by atoms with Crippen LogP contribution in [0.1, 0.15) is 12.0 Å². The molecule has 1 atom stereocenters. The number of carbonyl (C=O) groups excluding carboxylic acids is 1. The zero-order chi connectivity index (χ0) is 10.5. The first-order chi connectivity index (χ1) is 7.38. The zero-order valence-corrected chi connectivity index (χ0v) is 8.50. The van der Waals surface area contributed by atoms with Crippen LogP contribution in [0.3, 0.4) is 0 Å². The molecule has 80 valence electrons. The summed E-state index contributed by atoms with van der Waals surface area (Å²) in [4.78, 5) is 16.2. The van der Waals surface area contributed by atoms with E-state index >= 15 is 0 Å².